The van der Waals surface area contributed by atoms with Crippen LogP contribution in [0.3, 0.4) is 0 Å². The van der Waals surface area contributed by atoms with Crippen molar-refractivity contribution in [3.8, 4) is 5.75 Å². The lowest BCUT2D eigenvalue weighted by Crippen LogP contribution is -2.25. The van der Waals surface area contributed by atoms with Crippen LogP contribution in [0.1, 0.15) is 31.2 Å². The Labute approximate surface area is 106 Å². The van der Waals surface area contributed by atoms with Crippen LogP contribution >= 0.6 is 15.9 Å². The largest absolute Gasteiger partial charge is 0.495 e. The molecule has 0 spiro atoms. The van der Waals surface area contributed by atoms with Gasteiger partial charge in [0, 0.05) is 18.2 Å². The molecule has 1 fully saturated rings. The molecule has 1 aromatic carbocycles. The first-order chi connectivity index (χ1) is 7.81. The number of ether oxygens (including phenoxy) is 1. The van der Waals surface area contributed by atoms with Crippen LogP contribution in [0.15, 0.2) is 22.7 Å². The van der Waals surface area contributed by atoms with Crippen LogP contribution in [0.5, 0.6) is 5.75 Å². The third-order valence-electron chi connectivity index (χ3n) is 3.19. The van der Waals surface area contributed by atoms with Gasteiger partial charge in [-0.2, -0.15) is 0 Å². The second kappa shape index (κ2) is 5.69. The Balaban J connectivity index is 2.00. The molecule has 0 radical (unpaired) electrons. The van der Waals surface area contributed by atoms with Crippen molar-refractivity contribution in [1.29, 1.82) is 0 Å². The van der Waals surface area contributed by atoms with Crippen molar-refractivity contribution in [2.24, 2.45) is 0 Å². The molecule has 2 nitrogen and oxygen atoms in total. The van der Waals surface area contributed by atoms with Crippen LogP contribution < -0.4 is 10.1 Å². The summed E-state index contributed by atoms with van der Waals surface area (Å²) < 4.78 is 6.43. The predicted octanol–water partition coefficient (Wildman–Crippen LogP) is 3.49. The van der Waals surface area contributed by atoms with Crippen LogP contribution in [0, 0.1) is 0 Å². The van der Waals surface area contributed by atoms with Crippen LogP contribution in [-0.4, -0.2) is 13.2 Å². The number of halogens is 1. The summed E-state index contributed by atoms with van der Waals surface area (Å²) in [5.74, 6) is 0.952. The van der Waals surface area contributed by atoms with Gasteiger partial charge in [0.25, 0.3) is 0 Å². The summed E-state index contributed by atoms with van der Waals surface area (Å²) in [4.78, 5) is 0. The van der Waals surface area contributed by atoms with Crippen molar-refractivity contribution in [3.05, 3.63) is 28.2 Å². The van der Waals surface area contributed by atoms with Gasteiger partial charge in [-0.3, -0.25) is 0 Å². The number of hydrogen-bond donors (Lipinski definition) is 1. The first kappa shape index (κ1) is 11.9. The summed E-state index contributed by atoms with van der Waals surface area (Å²) in [5, 5.41) is 3.60. The average Bonchev–Trinajstić information content (AvgIpc) is 2.79. The molecular formula is C13H18BrNO. The molecule has 0 amide bonds. The molecule has 0 aliphatic heterocycles. The van der Waals surface area contributed by atoms with Gasteiger partial charge in [0.15, 0.2) is 0 Å². The van der Waals surface area contributed by atoms with Gasteiger partial charge >= 0.3 is 0 Å². The first-order valence-corrected chi connectivity index (χ1v) is 6.65. The van der Waals surface area contributed by atoms with Gasteiger partial charge in [0.05, 0.1) is 11.6 Å². The Kier molecular flexibility index (Phi) is 4.24. The fourth-order valence-corrected chi connectivity index (χ4v) is 2.87. The zero-order chi connectivity index (χ0) is 11.4. The molecule has 1 N–H and O–H groups in total. The van der Waals surface area contributed by atoms with Crippen LogP contribution in [-0.2, 0) is 6.54 Å². The van der Waals surface area contributed by atoms with E-state index in [0.29, 0.717) is 6.04 Å². The Bertz CT molecular complexity index is 348. The minimum absolute atomic E-state index is 0.698. The van der Waals surface area contributed by atoms with Gasteiger partial charge in [-0.25, -0.2) is 0 Å². The maximum absolute atomic E-state index is 5.40. The van der Waals surface area contributed by atoms with Gasteiger partial charge in [0.1, 0.15) is 5.75 Å². The number of methoxy groups -OCH3 is 1. The molecule has 1 aromatic rings. The number of para-hydroxylation sites is 1. The number of hydrogen-bond acceptors (Lipinski definition) is 2. The first-order valence-electron chi connectivity index (χ1n) is 5.86. The van der Waals surface area contributed by atoms with E-state index in [1.807, 2.05) is 6.07 Å². The van der Waals surface area contributed by atoms with E-state index in [4.69, 9.17) is 4.74 Å². The fraction of sp³-hybridized carbons (Fsp3) is 0.538. The molecule has 1 aliphatic carbocycles. The van der Waals surface area contributed by atoms with Gasteiger partial charge in [0.2, 0.25) is 0 Å². The Hall–Kier alpha value is -0.540. The SMILES string of the molecule is COc1c(Br)cccc1CNC1CCCC1. The summed E-state index contributed by atoms with van der Waals surface area (Å²) in [6.45, 7) is 0.896. The Morgan fingerprint density at radius 1 is 1.38 bits per heavy atom. The van der Waals surface area contributed by atoms with Crippen molar-refractivity contribution >= 4 is 15.9 Å². The lowest BCUT2D eigenvalue weighted by atomic mass is 10.1. The molecule has 0 saturated heterocycles. The van der Waals surface area contributed by atoms with Gasteiger partial charge in [-0.1, -0.05) is 25.0 Å². The van der Waals surface area contributed by atoms with Crippen molar-refractivity contribution in [3.63, 3.8) is 0 Å². The molecule has 1 aliphatic rings. The molecule has 0 bridgehead atoms. The second-order valence-corrected chi connectivity index (χ2v) is 5.15. The molecule has 0 aromatic heterocycles. The highest BCUT2D eigenvalue weighted by Crippen LogP contribution is 2.29. The Morgan fingerprint density at radius 3 is 2.81 bits per heavy atom. The quantitative estimate of drug-likeness (QED) is 0.913. The third-order valence-corrected chi connectivity index (χ3v) is 3.81. The molecule has 0 atom stereocenters. The summed E-state index contributed by atoms with van der Waals surface area (Å²) in [7, 11) is 1.72. The van der Waals surface area contributed by atoms with Crippen LogP contribution in [0.4, 0.5) is 0 Å². The molecule has 16 heavy (non-hydrogen) atoms. The molecule has 2 rings (SSSR count). The number of rotatable bonds is 4. The zero-order valence-electron chi connectivity index (χ0n) is 9.63. The monoisotopic (exact) mass is 283 g/mol. The molecule has 1 saturated carbocycles. The van der Waals surface area contributed by atoms with E-state index in [1.165, 1.54) is 31.2 Å². The maximum atomic E-state index is 5.40. The van der Waals surface area contributed by atoms with E-state index in [0.717, 1.165) is 16.8 Å². The average molecular weight is 284 g/mol. The third kappa shape index (κ3) is 2.77. The lowest BCUT2D eigenvalue weighted by molar-refractivity contribution is 0.402. The normalized spacial score (nSPS) is 16.6. The Morgan fingerprint density at radius 2 is 2.12 bits per heavy atom. The van der Waals surface area contributed by atoms with Crippen molar-refractivity contribution in [2.45, 2.75) is 38.3 Å². The fourth-order valence-electron chi connectivity index (χ4n) is 2.31. The van der Waals surface area contributed by atoms with Gasteiger partial charge < -0.3 is 10.1 Å². The summed E-state index contributed by atoms with van der Waals surface area (Å²) in [5.41, 5.74) is 1.23. The molecular weight excluding hydrogens is 266 g/mol. The molecule has 88 valence electrons. The van der Waals surface area contributed by atoms with Crippen LogP contribution in [0.25, 0.3) is 0 Å². The van der Waals surface area contributed by atoms with Crippen molar-refractivity contribution < 1.29 is 4.74 Å². The zero-order valence-corrected chi connectivity index (χ0v) is 11.2. The van der Waals surface area contributed by atoms with Crippen molar-refractivity contribution in [2.75, 3.05) is 7.11 Å². The number of benzene rings is 1. The van der Waals surface area contributed by atoms with E-state index in [1.54, 1.807) is 7.11 Å². The van der Waals surface area contributed by atoms with E-state index in [2.05, 4.69) is 33.4 Å². The highest BCUT2D eigenvalue weighted by atomic mass is 79.9. The van der Waals surface area contributed by atoms with E-state index in [9.17, 15) is 0 Å². The minimum atomic E-state index is 0.698. The van der Waals surface area contributed by atoms with Crippen molar-refractivity contribution in [1.82, 2.24) is 5.32 Å². The molecule has 3 heteroatoms. The van der Waals surface area contributed by atoms with Crippen LogP contribution in [0.2, 0.25) is 0 Å². The maximum Gasteiger partial charge on any atom is 0.137 e. The van der Waals surface area contributed by atoms with E-state index >= 15 is 0 Å². The highest BCUT2D eigenvalue weighted by Gasteiger charge is 2.15. The smallest absolute Gasteiger partial charge is 0.137 e. The standard InChI is InChI=1S/C13H18BrNO/c1-16-13-10(5-4-8-12(13)14)9-15-11-6-2-3-7-11/h4-5,8,11,15H,2-3,6-7,9H2,1H3. The summed E-state index contributed by atoms with van der Waals surface area (Å²) in [6.07, 6.45) is 5.37. The second-order valence-electron chi connectivity index (χ2n) is 4.29. The topological polar surface area (TPSA) is 21.3 Å². The van der Waals surface area contributed by atoms with Gasteiger partial charge in [-0.05, 0) is 34.8 Å². The number of nitrogens with one attached hydrogen (secondary N) is 1. The van der Waals surface area contributed by atoms with Gasteiger partial charge in [-0.15, -0.1) is 0 Å². The summed E-state index contributed by atoms with van der Waals surface area (Å²) >= 11 is 3.51. The molecule has 0 unspecified atom stereocenters. The van der Waals surface area contributed by atoms with E-state index in [-0.39, 0.29) is 0 Å². The predicted molar refractivity (Wildman–Crippen MR) is 69.8 cm³/mol. The lowest BCUT2D eigenvalue weighted by Gasteiger charge is -2.14. The van der Waals surface area contributed by atoms with E-state index < -0.39 is 0 Å². The molecule has 0 heterocycles. The minimum Gasteiger partial charge on any atom is -0.495 e. The summed E-state index contributed by atoms with van der Waals surface area (Å²) in [6, 6.07) is 6.88. The highest BCUT2D eigenvalue weighted by molar-refractivity contribution is 9.10.